The molecule has 5 aliphatic carbocycles. The van der Waals surface area contributed by atoms with Gasteiger partial charge in [0.2, 0.25) is 5.91 Å². The average molecular weight is 161 g/mol. The summed E-state index contributed by atoms with van der Waals surface area (Å²) in [5.41, 5.74) is 0. The molecule has 2 nitrogen and oxygen atoms in total. The molecule has 12 heavy (non-hydrogen) atoms. The molecular weight excluding hydrogens is 150 g/mol. The number of fused-ring (bicyclic) bond motifs is 1. The van der Waals surface area contributed by atoms with Crippen molar-refractivity contribution in [2.45, 2.75) is 12.5 Å². The van der Waals surface area contributed by atoms with Gasteiger partial charge >= 0.3 is 0 Å². The maximum Gasteiger partial charge on any atom is 0.225 e. The normalized spacial score (nSPS) is 78.5. The van der Waals surface area contributed by atoms with E-state index in [-0.39, 0.29) is 0 Å². The molecule has 5 saturated carbocycles. The van der Waals surface area contributed by atoms with Crippen LogP contribution in [0, 0.1) is 41.4 Å². The fourth-order valence-electron chi connectivity index (χ4n) is 5.46. The Labute approximate surface area is 70.7 Å². The highest BCUT2D eigenvalue weighted by molar-refractivity contribution is 5.88. The van der Waals surface area contributed by atoms with Gasteiger partial charge in [0.15, 0.2) is 0 Å². The third kappa shape index (κ3) is 0.278. The van der Waals surface area contributed by atoms with E-state index in [4.69, 9.17) is 0 Å². The molecule has 0 aromatic carbocycles. The number of carbonyl (C=O) groups excluding carboxylic acids is 1. The van der Waals surface area contributed by atoms with Gasteiger partial charge in [-0.2, -0.15) is 0 Å². The molecule has 8 atom stereocenters. The van der Waals surface area contributed by atoms with Crippen molar-refractivity contribution in [2.24, 2.45) is 41.4 Å². The first kappa shape index (κ1) is 5.25. The lowest BCUT2D eigenvalue weighted by atomic mass is 9.78. The molecule has 62 valence electrons. The second-order valence-corrected chi connectivity index (χ2v) is 5.43. The second kappa shape index (κ2) is 1.16. The zero-order chi connectivity index (χ0) is 7.61. The minimum Gasteiger partial charge on any atom is -0.352 e. The Morgan fingerprint density at radius 3 is 2.58 bits per heavy atom. The summed E-state index contributed by atoms with van der Waals surface area (Å²) in [6.07, 6.45) is 1.48. The summed E-state index contributed by atoms with van der Waals surface area (Å²) < 4.78 is 0. The Kier molecular flexibility index (Phi) is 0.507. The smallest absolute Gasteiger partial charge is 0.225 e. The van der Waals surface area contributed by atoms with Crippen molar-refractivity contribution in [1.82, 2.24) is 5.32 Å². The average Bonchev–Trinajstić information content (AvgIpc) is 2.43. The van der Waals surface area contributed by atoms with Crippen LogP contribution >= 0.6 is 0 Å². The predicted octanol–water partition coefficient (Wildman–Crippen LogP) is 0.243. The third-order valence-corrected chi connectivity index (χ3v) is 5.54. The van der Waals surface area contributed by atoms with Crippen LogP contribution in [0.4, 0.5) is 0 Å². The molecule has 7 unspecified atom stereocenters. The summed E-state index contributed by atoms with van der Waals surface area (Å²) in [6.45, 7) is 0. The number of rotatable bonds is 0. The lowest BCUT2D eigenvalue weighted by Gasteiger charge is -2.39. The molecule has 0 aromatic heterocycles. The van der Waals surface area contributed by atoms with Crippen LogP contribution in [-0.2, 0) is 4.79 Å². The minimum atomic E-state index is 0.378. The van der Waals surface area contributed by atoms with Crippen LogP contribution in [0.2, 0.25) is 0 Å². The van der Waals surface area contributed by atoms with Crippen LogP contribution in [0.1, 0.15) is 6.42 Å². The Morgan fingerprint density at radius 1 is 1.08 bits per heavy atom. The minimum absolute atomic E-state index is 0.378. The summed E-state index contributed by atoms with van der Waals surface area (Å²) in [4.78, 5) is 11.3. The first-order valence-corrected chi connectivity index (χ1v) is 5.18. The van der Waals surface area contributed by atoms with E-state index in [2.05, 4.69) is 5.32 Å². The molecule has 6 bridgehead atoms. The first-order chi connectivity index (χ1) is 5.88. The van der Waals surface area contributed by atoms with Crippen molar-refractivity contribution >= 4 is 5.91 Å². The zero-order valence-electron chi connectivity index (χ0n) is 6.73. The summed E-state index contributed by atoms with van der Waals surface area (Å²) in [7, 11) is 0. The van der Waals surface area contributed by atoms with E-state index in [9.17, 15) is 4.79 Å². The number of hydrogen-bond acceptors (Lipinski definition) is 1. The van der Waals surface area contributed by atoms with Gasteiger partial charge in [0.1, 0.15) is 0 Å². The number of amides is 1. The highest BCUT2D eigenvalue weighted by atomic mass is 16.2. The molecule has 0 spiro atoms. The van der Waals surface area contributed by atoms with Gasteiger partial charge in [0.05, 0.1) is 5.92 Å². The van der Waals surface area contributed by atoms with Gasteiger partial charge in [0.25, 0.3) is 0 Å². The quantitative estimate of drug-likeness (QED) is 0.507. The number of nitrogens with one attached hydrogen (secondary N) is 1. The van der Waals surface area contributed by atoms with Crippen LogP contribution in [0.15, 0.2) is 0 Å². The topological polar surface area (TPSA) is 29.1 Å². The molecule has 2 heteroatoms. The molecule has 1 saturated heterocycles. The Bertz CT molecular complexity index is 326. The van der Waals surface area contributed by atoms with Crippen molar-refractivity contribution in [3.63, 3.8) is 0 Å². The van der Waals surface area contributed by atoms with E-state index in [0.29, 0.717) is 17.9 Å². The van der Waals surface area contributed by atoms with Gasteiger partial charge < -0.3 is 5.32 Å². The standard InChI is InChI=1S/C10H11NO/c12-10-8-6-3-1-2-4(6)5(2)7(3)9(8)11-10/h2-9H,1H2,(H,11,12)/t2?,3?,4?,5?,6?,7?,8-,9?/m1/s1. The largest absolute Gasteiger partial charge is 0.352 e. The van der Waals surface area contributed by atoms with E-state index >= 15 is 0 Å². The highest BCUT2D eigenvalue weighted by Crippen LogP contribution is 2.82. The number of β-lactam (4-membered cyclic amide) rings is 1. The lowest BCUT2D eigenvalue weighted by Crippen LogP contribution is -2.61. The van der Waals surface area contributed by atoms with Gasteiger partial charge in [0, 0.05) is 6.04 Å². The van der Waals surface area contributed by atoms with Crippen LogP contribution in [0.5, 0.6) is 0 Å². The monoisotopic (exact) mass is 161 g/mol. The fraction of sp³-hybridized carbons (Fsp3) is 0.900. The number of carbonyl (C=O) groups is 1. The van der Waals surface area contributed by atoms with Crippen molar-refractivity contribution in [1.29, 1.82) is 0 Å². The van der Waals surface area contributed by atoms with Crippen LogP contribution in [0.25, 0.3) is 0 Å². The molecule has 1 amide bonds. The van der Waals surface area contributed by atoms with Crippen molar-refractivity contribution in [2.75, 3.05) is 0 Å². The van der Waals surface area contributed by atoms with Crippen LogP contribution < -0.4 is 5.32 Å². The number of hydrogen-bond donors (Lipinski definition) is 1. The summed E-state index contributed by atoms with van der Waals surface area (Å²) in [5, 5.41) is 3.11. The maximum absolute atomic E-state index is 11.3. The van der Waals surface area contributed by atoms with Crippen molar-refractivity contribution < 1.29 is 4.79 Å². The highest BCUT2D eigenvalue weighted by Gasteiger charge is 2.83. The molecule has 6 aliphatic rings. The van der Waals surface area contributed by atoms with E-state index in [0.717, 1.165) is 35.5 Å². The van der Waals surface area contributed by atoms with E-state index in [1.54, 1.807) is 0 Å². The van der Waals surface area contributed by atoms with Gasteiger partial charge in [-0.1, -0.05) is 0 Å². The Balaban J connectivity index is 1.76. The van der Waals surface area contributed by atoms with E-state index in [1.165, 1.54) is 6.42 Å². The third-order valence-electron chi connectivity index (χ3n) is 5.54. The lowest BCUT2D eigenvalue weighted by molar-refractivity contribution is -0.137. The molecule has 1 N–H and O–H groups in total. The SMILES string of the molecule is O=C1NC2C3C4CC5C3C5C4[C@@H]12. The Morgan fingerprint density at radius 2 is 1.83 bits per heavy atom. The van der Waals surface area contributed by atoms with Crippen molar-refractivity contribution in [3.05, 3.63) is 0 Å². The van der Waals surface area contributed by atoms with Gasteiger partial charge in [-0.15, -0.1) is 0 Å². The summed E-state index contributed by atoms with van der Waals surface area (Å²) in [5.74, 6) is 6.78. The van der Waals surface area contributed by atoms with Crippen LogP contribution in [-0.4, -0.2) is 11.9 Å². The molecule has 1 heterocycles. The molecule has 6 rings (SSSR count). The zero-order valence-corrected chi connectivity index (χ0v) is 6.73. The van der Waals surface area contributed by atoms with Crippen LogP contribution in [0.3, 0.4) is 0 Å². The van der Waals surface area contributed by atoms with Gasteiger partial charge in [-0.05, 0) is 41.9 Å². The summed E-state index contributed by atoms with van der Waals surface area (Å²) in [6, 6.07) is 0.640. The molecule has 1 aliphatic heterocycles. The predicted molar refractivity (Wildman–Crippen MR) is 41.0 cm³/mol. The second-order valence-electron chi connectivity index (χ2n) is 5.43. The van der Waals surface area contributed by atoms with E-state index in [1.807, 2.05) is 0 Å². The van der Waals surface area contributed by atoms with Gasteiger partial charge in [-0.3, -0.25) is 4.79 Å². The van der Waals surface area contributed by atoms with Gasteiger partial charge in [-0.25, -0.2) is 0 Å². The molecule has 6 fully saturated rings. The Hall–Kier alpha value is -0.530. The maximum atomic E-state index is 11.3. The molecule has 0 radical (unpaired) electrons. The summed E-state index contributed by atoms with van der Waals surface area (Å²) >= 11 is 0. The molecular formula is C10H11NO. The van der Waals surface area contributed by atoms with E-state index < -0.39 is 0 Å². The fourth-order valence-corrected chi connectivity index (χ4v) is 5.46. The molecule has 0 aromatic rings. The first-order valence-electron chi connectivity index (χ1n) is 5.18. The van der Waals surface area contributed by atoms with Crippen molar-refractivity contribution in [3.8, 4) is 0 Å².